The van der Waals surface area contributed by atoms with Gasteiger partial charge in [0.1, 0.15) is 6.61 Å². The Kier molecular flexibility index (Phi) is 2.94. The normalized spacial score (nSPS) is 8.64. The quantitative estimate of drug-likeness (QED) is 0.471. The highest BCUT2D eigenvalue weighted by atomic mass is 16.5. The van der Waals surface area contributed by atoms with E-state index in [4.69, 9.17) is 11.2 Å². The Morgan fingerprint density at radius 1 is 1.45 bits per heavy atom. The summed E-state index contributed by atoms with van der Waals surface area (Å²) in [6, 6.07) is 2.11. The topological polar surface area (TPSA) is 35.0 Å². The number of aromatic nitrogens is 2. The third-order valence-corrected chi connectivity index (χ3v) is 1.02. The summed E-state index contributed by atoms with van der Waals surface area (Å²) in [6.45, 7) is 0.473. The maximum atomic E-state index is 5.08. The minimum Gasteiger partial charge on any atom is -0.462 e. The summed E-state index contributed by atoms with van der Waals surface area (Å²) in [4.78, 5) is 7.70. The van der Waals surface area contributed by atoms with E-state index in [-0.39, 0.29) is 0 Å². The highest BCUT2D eigenvalue weighted by Gasteiger charge is 1.91. The largest absolute Gasteiger partial charge is 0.462 e. The molecule has 0 saturated heterocycles. The second-order valence-corrected chi connectivity index (χ2v) is 1.83. The number of nitrogens with zero attached hydrogens (tertiary/aromatic N) is 2. The minimum atomic E-state index is 0.378. The van der Waals surface area contributed by atoms with Crippen molar-refractivity contribution in [1.29, 1.82) is 0 Å². The molecule has 1 aromatic heterocycles. The molecule has 0 aliphatic rings. The van der Waals surface area contributed by atoms with Gasteiger partial charge in [-0.1, -0.05) is 0 Å². The van der Waals surface area contributed by atoms with Crippen LogP contribution in [0.25, 0.3) is 0 Å². The van der Waals surface area contributed by atoms with Crippen LogP contribution in [0.2, 0.25) is 0 Å². The summed E-state index contributed by atoms with van der Waals surface area (Å²) >= 11 is 0. The minimum absolute atomic E-state index is 0.378. The Bertz CT molecular complexity index is 240. The standard InChI is InChI=1S/C8H8N2O/c1-2-3-7-11-8-9-5-4-6-10-8/h1,4-6H,3,7H2. The van der Waals surface area contributed by atoms with E-state index < -0.39 is 0 Å². The molecule has 3 heteroatoms. The first-order valence-corrected chi connectivity index (χ1v) is 3.27. The van der Waals surface area contributed by atoms with Crippen LogP contribution in [-0.4, -0.2) is 16.6 Å². The highest BCUT2D eigenvalue weighted by Crippen LogP contribution is 1.96. The molecule has 0 atom stereocenters. The van der Waals surface area contributed by atoms with Crippen LogP contribution in [-0.2, 0) is 0 Å². The lowest BCUT2D eigenvalue weighted by atomic mass is 10.5. The van der Waals surface area contributed by atoms with Gasteiger partial charge in [0, 0.05) is 18.8 Å². The van der Waals surface area contributed by atoms with Gasteiger partial charge in [-0.2, -0.15) is 0 Å². The van der Waals surface area contributed by atoms with Gasteiger partial charge in [0.15, 0.2) is 0 Å². The number of terminal acetylenes is 1. The van der Waals surface area contributed by atoms with Crippen molar-refractivity contribution in [3.63, 3.8) is 0 Å². The van der Waals surface area contributed by atoms with Gasteiger partial charge in [0.05, 0.1) is 0 Å². The van der Waals surface area contributed by atoms with Gasteiger partial charge < -0.3 is 4.74 Å². The summed E-state index contributed by atoms with van der Waals surface area (Å²) in [5, 5.41) is 0. The van der Waals surface area contributed by atoms with Gasteiger partial charge in [-0.15, -0.1) is 12.3 Å². The van der Waals surface area contributed by atoms with Crippen molar-refractivity contribution in [2.24, 2.45) is 0 Å². The van der Waals surface area contributed by atoms with Crippen LogP contribution in [0.15, 0.2) is 18.5 Å². The number of hydrogen-bond donors (Lipinski definition) is 0. The molecule has 0 bridgehead atoms. The van der Waals surface area contributed by atoms with E-state index in [1.807, 2.05) is 0 Å². The fourth-order valence-corrected chi connectivity index (χ4v) is 0.561. The first-order valence-electron chi connectivity index (χ1n) is 3.27. The number of hydrogen-bond acceptors (Lipinski definition) is 3. The maximum absolute atomic E-state index is 5.08. The van der Waals surface area contributed by atoms with E-state index in [0.29, 0.717) is 19.0 Å². The van der Waals surface area contributed by atoms with Crippen molar-refractivity contribution < 1.29 is 4.74 Å². The van der Waals surface area contributed by atoms with Crippen LogP contribution < -0.4 is 4.74 Å². The van der Waals surface area contributed by atoms with Gasteiger partial charge >= 0.3 is 6.01 Å². The molecular weight excluding hydrogens is 140 g/mol. The maximum Gasteiger partial charge on any atom is 0.316 e. The van der Waals surface area contributed by atoms with Crippen molar-refractivity contribution in [2.45, 2.75) is 6.42 Å². The highest BCUT2D eigenvalue weighted by molar-refractivity contribution is 4.93. The number of ether oxygens (including phenoxy) is 1. The van der Waals surface area contributed by atoms with E-state index in [1.54, 1.807) is 18.5 Å². The van der Waals surface area contributed by atoms with Gasteiger partial charge in [-0.25, -0.2) is 9.97 Å². The monoisotopic (exact) mass is 148 g/mol. The second-order valence-electron chi connectivity index (χ2n) is 1.83. The Morgan fingerprint density at radius 3 is 2.82 bits per heavy atom. The Balaban J connectivity index is 2.35. The molecule has 1 aromatic rings. The van der Waals surface area contributed by atoms with Crippen molar-refractivity contribution >= 4 is 0 Å². The van der Waals surface area contributed by atoms with Crippen LogP contribution in [0.4, 0.5) is 0 Å². The molecule has 0 fully saturated rings. The zero-order valence-corrected chi connectivity index (χ0v) is 6.03. The van der Waals surface area contributed by atoms with Gasteiger partial charge in [0.25, 0.3) is 0 Å². The predicted molar refractivity (Wildman–Crippen MR) is 41.0 cm³/mol. The lowest BCUT2D eigenvalue weighted by molar-refractivity contribution is 0.301. The van der Waals surface area contributed by atoms with E-state index in [0.717, 1.165) is 0 Å². The molecule has 1 rings (SSSR count). The molecule has 0 aromatic carbocycles. The van der Waals surface area contributed by atoms with Gasteiger partial charge in [-0.05, 0) is 6.07 Å². The molecule has 0 aliphatic heterocycles. The van der Waals surface area contributed by atoms with Crippen LogP contribution >= 0.6 is 0 Å². The molecule has 0 spiro atoms. The zero-order valence-electron chi connectivity index (χ0n) is 6.03. The smallest absolute Gasteiger partial charge is 0.316 e. The third kappa shape index (κ3) is 2.67. The SMILES string of the molecule is C#CCCOc1ncccn1. The van der Waals surface area contributed by atoms with Crippen LogP contribution in [0, 0.1) is 12.3 Å². The average Bonchev–Trinajstić information content (AvgIpc) is 2.07. The lowest BCUT2D eigenvalue weighted by Crippen LogP contribution is -1.98. The first-order chi connectivity index (χ1) is 5.43. The average molecular weight is 148 g/mol. The van der Waals surface area contributed by atoms with Crippen LogP contribution in [0.5, 0.6) is 6.01 Å². The molecule has 11 heavy (non-hydrogen) atoms. The lowest BCUT2D eigenvalue weighted by Gasteiger charge is -1.98. The van der Waals surface area contributed by atoms with Crippen LogP contribution in [0.1, 0.15) is 6.42 Å². The van der Waals surface area contributed by atoms with Crippen molar-refractivity contribution in [2.75, 3.05) is 6.61 Å². The summed E-state index contributed by atoms with van der Waals surface area (Å²) in [5.41, 5.74) is 0. The fourth-order valence-electron chi connectivity index (χ4n) is 0.561. The van der Waals surface area contributed by atoms with E-state index in [9.17, 15) is 0 Å². The number of rotatable bonds is 3. The molecule has 0 aliphatic carbocycles. The summed E-state index contributed by atoms with van der Waals surface area (Å²) < 4.78 is 5.08. The van der Waals surface area contributed by atoms with Crippen molar-refractivity contribution in [3.8, 4) is 18.4 Å². The summed E-state index contributed by atoms with van der Waals surface area (Å²) in [5.74, 6) is 2.46. The summed E-state index contributed by atoms with van der Waals surface area (Å²) in [6.07, 6.45) is 8.85. The third-order valence-electron chi connectivity index (χ3n) is 1.02. The fraction of sp³-hybridized carbons (Fsp3) is 0.250. The van der Waals surface area contributed by atoms with E-state index in [1.165, 1.54) is 0 Å². The zero-order chi connectivity index (χ0) is 7.94. The van der Waals surface area contributed by atoms with Crippen molar-refractivity contribution in [3.05, 3.63) is 18.5 Å². The van der Waals surface area contributed by atoms with E-state index in [2.05, 4.69) is 15.9 Å². The molecule has 0 saturated carbocycles. The second kappa shape index (κ2) is 4.29. The van der Waals surface area contributed by atoms with Gasteiger partial charge in [-0.3, -0.25) is 0 Å². The van der Waals surface area contributed by atoms with Crippen molar-refractivity contribution in [1.82, 2.24) is 9.97 Å². The summed E-state index contributed by atoms with van der Waals surface area (Å²) in [7, 11) is 0. The molecule has 0 N–H and O–H groups in total. The predicted octanol–water partition coefficient (Wildman–Crippen LogP) is 0.879. The van der Waals surface area contributed by atoms with Gasteiger partial charge in [0.2, 0.25) is 0 Å². The first kappa shape index (κ1) is 7.55. The Labute approximate surface area is 65.4 Å². The van der Waals surface area contributed by atoms with E-state index >= 15 is 0 Å². The molecule has 56 valence electrons. The molecule has 0 unspecified atom stereocenters. The Morgan fingerprint density at radius 2 is 2.18 bits per heavy atom. The molecule has 0 amide bonds. The molecule has 0 radical (unpaired) electrons. The Hall–Kier alpha value is -1.56. The molecule has 3 nitrogen and oxygen atoms in total. The van der Waals surface area contributed by atoms with Crippen LogP contribution in [0.3, 0.4) is 0 Å². The molecule has 1 heterocycles. The molecular formula is C8H8N2O.